The van der Waals surface area contributed by atoms with Gasteiger partial charge in [0.15, 0.2) is 0 Å². The minimum Gasteiger partial charge on any atom is -0.317 e. The Bertz CT molecular complexity index is 396. The van der Waals surface area contributed by atoms with E-state index >= 15 is 0 Å². The molecule has 0 amide bonds. The Labute approximate surface area is 117 Å². The average molecular weight is 268 g/mol. The van der Waals surface area contributed by atoms with Crippen LogP contribution in [0.5, 0.6) is 0 Å². The van der Waals surface area contributed by atoms with Crippen LogP contribution in [-0.2, 0) is 5.41 Å². The lowest BCUT2D eigenvalue weighted by Gasteiger charge is -2.28. The fraction of sp³-hybridized carbons (Fsp3) is 0.625. The first-order valence-corrected chi connectivity index (χ1v) is 7.24. The summed E-state index contributed by atoms with van der Waals surface area (Å²) in [6, 6.07) is 4.34. The zero-order valence-electron chi connectivity index (χ0n) is 12.4. The molecule has 1 aromatic rings. The van der Waals surface area contributed by atoms with Crippen molar-refractivity contribution in [2.24, 2.45) is 0 Å². The third-order valence-electron chi connectivity index (χ3n) is 3.59. The van der Waals surface area contributed by atoms with Crippen molar-refractivity contribution in [2.75, 3.05) is 13.1 Å². The molecule has 0 fully saturated rings. The van der Waals surface area contributed by atoms with Crippen LogP contribution in [0.1, 0.15) is 50.3 Å². The zero-order chi connectivity index (χ0) is 13.8. The van der Waals surface area contributed by atoms with Crippen LogP contribution in [0, 0.1) is 13.8 Å². The Balaban J connectivity index is 2.80. The Hall–Kier alpha value is -0.530. The van der Waals surface area contributed by atoms with E-state index in [-0.39, 0.29) is 5.41 Å². The van der Waals surface area contributed by atoms with Crippen molar-refractivity contribution in [1.82, 2.24) is 5.32 Å². The standard InChI is InChI=1S/C16H26ClN/c1-6-8-18-9-7-16(4,5)14-10-13(3)15(17)11-12(14)2/h10-11,18H,6-9H2,1-5H3. The summed E-state index contributed by atoms with van der Waals surface area (Å²) in [6.45, 7) is 13.2. The lowest BCUT2D eigenvalue weighted by molar-refractivity contribution is 0.455. The molecule has 0 aliphatic rings. The summed E-state index contributed by atoms with van der Waals surface area (Å²) in [6.07, 6.45) is 2.34. The van der Waals surface area contributed by atoms with E-state index < -0.39 is 0 Å². The third-order valence-corrected chi connectivity index (χ3v) is 4.00. The number of rotatable bonds is 6. The van der Waals surface area contributed by atoms with Gasteiger partial charge < -0.3 is 5.32 Å². The Morgan fingerprint density at radius 1 is 1.11 bits per heavy atom. The smallest absolute Gasteiger partial charge is 0.0438 e. The SMILES string of the molecule is CCCNCCC(C)(C)c1cc(C)c(Cl)cc1C. The van der Waals surface area contributed by atoms with Crippen LogP contribution in [0.2, 0.25) is 5.02 Å². The summed E-state index contributed by atoms with van der Waals surface area (Å²) >= 11 is 6.17. The van der Waals surface area contributed by atoms with Gasteiger partial charge in [0, 0.05) is 5.02 Å². The van der Waals surface area contributed by atoms with Crippen LogP contribution >= 0.6 is 11.6 Å². The highest BCUT2D eigenvalue weighted by atomic mass is 35.5. The van der Waals surface area contributed by atoms with Gasteiger partial charge in [-0.3, -0.25) is 0 Å². The summed E-state index contributed by atoms with van der Waals surface area (Å²) in [5.74, 6) is 0. The number of hydrogen-bond acceptors (Lipinski definition) is 1. The lowest BCUT2D eigenvalue weighted by Crippen LogP contribution is -2.26. The van der Waals surface area contributed by atoms with Crippen LogP contribution in [0.4, 0.5) is 0 Å². The molecule has 0 atom stereocenters. The minimum atomic E-state index is 0.195. The van der Waals surface area contributed by atoms with Crippen molar-refractivity contribution in [1.29, 1.82) is 0 Å². The van der Waals surface area contributed by atoms with E-state index in [2.05, 4.69) is 52.1 Å². The fourth-order valence-corrected chi connectivity index (χ4v) is 2.57. The maximum absolute atomic E-state index is 6.17. The summed E-state index contributed by atoms with van der Waals surface area (Å²) < 4.78 is 0. The highest BCUT2D eigenvalue weighted by Gasteiger charge is 2.22. The first-order chi connectivity index (χ1) is 8.38. The molecule has 1 rings (SSSR count). The molecule has 0 unspecified atom stereocenters. The molecule has 102 valence electrons. The Morgan fingerprint density at radius 2 is 1.78 bits per heavy atom. The third kappa shape index (κ3) is 4.00. The van der Waals surface area contributed by atoms with E-state index in [0.717, 1.165) is 24.5 Å². The highest BCUT2D eigenvalue weighted by Crippen LogP contribution is 2.32. The zero-order valence-corrected chi connectivity index (χ0v) is 13.1. The van der Waals surface area contributed by atoms with Crippen LogP contribution in [0.15, 0.2) is 12.1 Å². The molecule has 0 heterocycles. The first kappa shape index (κ1) is 15.5. The summed E-state index contributed by atoms with van der Waals surface area (Å²) in [5, 5.41) is 4.35. The van der Waals surface area contributed by atoms with Gasteiger partial charge in [0.2, 0.25) is 0 Å². The molecule has 0 spiro atoms. The van der Waals surface area contributed by atoms with E-state index in [1.165, 1.54) is 23.1 Å². The molecule has 0 radical (unpaired) electrons. The maximum atomic E-state index is 6.17. The fourth-order valence-electron chi connectivity index (χ4n) is 2.35. The summed E-state index contributed by atoms with van der Waals surface area (Å²) in [5.41, 5.74) is 4.08. The number of benzene rings is 1. The molecule has 0 aliphatic carbocycles. The largest absolute Gasteiger partial charge is 0.317 e. The van der Waals surface area contributed by atoms with E-state index in [1.807, 2.05) is 0 Å². The second-order valence-electron chi connectivity index (χ2n) is 5.80. The van der Waals surface area contributed by atoms with Gasteiger partial charge in [0.25, 0.3) is 0 Å². The van der Waals surface area contributed by atoms with Gasteiger partial charge in [-0.1, -0.05) is 38.4 Å². The first-order valence-electron chi connectivity index (χ1n) is 6.86. The molecule has 18 heavy (non-hydrogen) atoms. The molecule has 1 aromatic carbocycles. The topological polar surface area (TPSA) is 12.0 Å². The quantitative estimate of drug-likeness (QED) is 0.742. The molecule has 1 nitrogen and oxygen atoms in total. The van der Waals surface area contributed by atoms with Crippen molar-refractivity contribution >= 4 is 11.6 Å². The Morgan fingerprint density at radius 3 is 2.39 bits per heavy atom. The van der Waals surface area contributed by atoms with E-state index in [0.29, 0.717) is 0 Å². The van der Waals surface area contributed by atoms with Gasteiger partial charge in [0.1, 0.15) is 0 Å². The number of aryl methyl sites for hydroxylation is 2. The molecule has 0 aliphatic heterocycles. The van der Waals surface area contributed by atoms with Crippen molar-refractivity contribution in [2.45, 2.75) is 52.9 Å². The molecular weight excluding hydrogens is 242 g/mol. The number of hydrogen-bond donors (Lipinski definition) is 1. The monoisotopic (exact) mass is 267 g/mol. The van der Waals surface area contributed by atoms with Gasteiger partial charge in [-0.25, -0.2) is 0 Å². The van der Waals surface area contributed by atoms with Crippen molar-refractivity contribution in [3.8, 4) is 0 Å². The molecule has 1 N–H and O–H groups in total. The second kappa shape index (κ2) is 6.58. The summed E-state index contributed by atoms with van der Waals surface area (Å²) in [7, 11) is 0. The summed E-state index contributed by atoms with van der Waals surface area (Å²) in [4.78, 5) is 0. The highest BCUT2D eigenvalue weighted by molar-refractivity contribution is 6.31. The predicted octanol–water partition coefficient (Wildman–Crippen LogP) is 4.62. The number of nitrogens with one attached hydrogen (secondary N) is 1. The van der Waals surface area contributed by atoms with Crippen molar-refractivity contribution in [3.05, 3.63) is 33.8 Å². The number of halogens is 1. The van der Waals surface area contributed by atoms with Crippen molar-refractivity contribution in [3.63, 3.8) is 0 Å². The maximum Gasteiger partial charge on any atom is 0.0438 e. The Kier molecular flexibility index (Phi) is 5.68. The molecular formula is C16H26ClN. The average Bonchev–Trinajstić information content (AvgIpc) is 2.29. The molecule has 0 aromatic heterocycles. The molecule has 0 saturated carbocycles. The minimum absolute atomic E-state index is 0.195. The van der Waals surface area contributed by atoms with Gasteiger partial charge in [-0.2, -0.15) is 0 Å². The van der Waals surface area contributed by atoms with Gasteiger partial charge in [0.05, 0.1) is 0 Å². The van der Waals surface area contributed by atoms with Gasteiger partial charge in [-0.15, -0.1) is 0 Å². The molecule has 0 saturated heterocycles. The van der Waals surface area contributed by atoms with Crippen LogP contribution in [0.3, 0.4) is 0 Å². The van der Waals surface area contributed by atoms with E-state index in [4.69, 9.17) is 11.6 Å². The van der Waals surface area contributed by atoms with Crippen LogP contribution < -0.4 is 5.32 Å². The predicted molar refractivity (Wildman–Crippen MR) is 81.7 cm³/mol. The van der Waals surface area contributed by atoms with E-state index in [9.17, 15) is 0 Å². The lowest BCUT2D eigenvalue weighted by atomic mass is 9.78. The van der Waals surface area contributed by atoms with Crippen molar-refractivity contribution < 1.29 is 0 Å². The molecule has 2 heteroatoms. The van der Waals surface area contributed by atoms with Crippen LogP contribution in [0.25, 0.3) is 0 Å². The van der Waals surface area contributed by atoms with Gasteiger partial charge in [-0.05, 0) is 68.0 Å². The van der Waals surface area contributed by atoms with Gasteiger partial charge >= 0.3 is 0 Å². The normalized spacial score (nSPS) is 11.9. The second-order valence-corrected chi connectivity index (χ2v) is 6.21. The van der Waals surface area contributed by atoms with E-state index in [1.54, 1.807) is 0 Å². The molecule has 0 bridgehead atoms. The van der Waals surface area contributed by atoms with Crippen LogP contribution in [-0.4, -0.2) is 13.1 Å².